The van der Waals surface area contributed by atoms with Crippen LogP contribution >= 0.6 is 11.3 Å². The van der Waals surface area contributed by atoms with Crippen molar-refractivity contribution in [2.24, 2.45) is 5.92 Å². The van der Waals surface area contributed by atoms with E-state index in [0.717, 1.165) is 34.6 Å². The highest BCUT2D eigenvalue weighted by atomic mass is 32.1. The van der Waals surface area contributed by atoms with Gasteiger partial charge in [-0.25, -0.2) is 4.98 Å². The summed E-state index contributed by atoms with van der Waals surface area (Å²) in [6.45, 7) is 6.52. The average molecular weight is 603 g/mol. The van der Waals surface area contributed by atoms with Crippen molar-refractivity contribution >= 4 is 39.1 Å². The molecule has 1 aromatic heterocycles. The molecule has 5 rings (SSSR count). The van der Waals surface area contributed by atoms with E-state index in [9.17, 15) is 9.59 Å². The first-order valence-electron chi connectivity index (χ1n) is 14.3. The number of amides is 2. The summed E-state index contributed by atoms with van der Waals surface area (Å²) in [4.78, 5) is 35.2. The SMILES string of the molecule is COc1ccc(CN2C[C@@H](C)[C@H](OC)CN(C)C(=O)c3ccc(NC(=O)c4nc5ccccc5s4)cc3OC[C@@H]2C)cc1. The maximum absolute atomic E-state index is 13.6. The molecule has 3 aromatic carbocycles. The highest BCUT2D eigenvalue weighted by Crippen LogP contribution is 2.28. The lowest BCUT2D eigenvalue weighted by atomic mass is 10.0. The number of para-hydroxylation sites is 1. The van der Waals surface area contributed by atoms with Gasteiger partial charge in [-0.2, -0.15) is 0 Å². The Morgan fingerprint density at radius 1 is 1.07 bits per heavy atom. The summed E-state index contributed by atoms with van der Waals surface area (Å²) in [6.07, 6.45) is -0.157. The molecule has 0 fully saturated rings. The van der Waals surface area contributed by atoms with Gasteiger partial charge in [0.05, 0.1) is 29.0 Å². The number of carbonyl (C=O) groups excluding carboxylic acids is 2. The number of ether oxygens (including phenoxy) is 3. The molecule has 0 saturated carbocycles. The molecule has 0 saturated heterocycles. The highest BCUT2D eigenvalue weighted by molar-refractivity contribution is 7.20. The Morgan fingerprint density at radius 3 is 2.56 bits per heavy atom. The first-order valence-corrected chi connectivity index (χ1v) is 15.2. The molecule has 1 N–H and O–H groups in total. The fourth-order valence-corrected chi connectivity index (χ4v) is 6.13. The third-order valence-electron chi connectivity index (χ3n) is 7.87. The van der Waals surface area contributed by atoms with E-state index in [-0.39, 0.29) is 29.9 Å². The largest absolute Gasteiger partial charge is 0.497 e. The number of carbonyl (C=O) groups is 2. The normalized spacial score (nSPS) is 20.1. The van der Waals surface area contributed by atoms with Crippen LogP contribution in [-0.4, -0.2) is 79.7 Å². The van der Waals surface area contributed by atoms with Gasteiger partial charge in [0, 0.05) is 51.6 Å². The topological polar surface area (TPSA) is 93.2 Å². The molecule has 1 aliphatic rings. The summed E-state index contributed by atoms with van der Waals surface area (Å²) in [7, 11) is 5.13. The summed E-state index contributed by atoms with van der Waals surface area (Å²) in [5, 5.41) is 3.30. The van der Waals surface area contributed by atoms with E-state index in [4.69, 9.17) is 14.2 Å². The van der Waals surface area contributed by atoms with Gasteiger partial charge < -0.3 is 24.4 Å². The van der Waals surface area contributed by atoms with Crippen LogP contribution in [0.15, 0.2) is 66.7 Å². The van der Waals surface area contributed by atoms with Gasteiger partial charge in [-0.15, -0.1) is 11.3 Å². The lowest BCUT2D eigenvalue weighted by Crippen LogP contribution is -2.46. The first kappa shape index (κ1) is 30.5. The Hall–Kier alpha value is -3.99. The fraction of sp³-hybridized carbons (Fsp3) is 0.364. The molecule has 2 heterocycles. The lowest BCUT2D eigenvalue weighted by Gasteiger charge is -2.36. The molecule has 3 atom stereocenters. The van der Waals surface area contributed by atoms with Crippen molar-refractivity contribution in [2.75, 3.05) is 46.3 Å². The second-order valence-electron chi connectivity index (χ2n) is 11.0. The molecule has 2 amide bonds. The smallest absolute Gasteiger partial charge is 0.284 e. The lowest BCUT2D eigenvalue weighted by molar-refractivity contribution is 0.00921. The minimum atomic E-state index is -0.311. The van der Waals surface area contributed by atoms with E-state index in [1.807, 2.05) is 36.4 Å². The van der Waals surface area contributed by atoms with Crippen LogP contribution in [0.2, 0.25) is 0 Å². The minimum absolute atomic E-state index is 0.0168. The predicted octanol–water partition coefficient (Wildman–Crippen LogP) is 5.56. The molecule has 0 spiro atoms. The van der Waals surface area contributed by atoms with Crippen molar-refractivity contribution in [1.82, 2.24) is 14.8 Å². The Kier molecular flexibility index (Phi) is 9.59. The van der Waals surface area contributed by atoms with E-state index in [1.165, 1.54) is 11.3 Å². The summed E-state index contributed by atoms with van der Waals surface area (Å²) in [6, 6.07) is 20.9. The number of rotatable bonds is 6. The van der Waals surface area contributed by atoms with Crippen molar-refractivity contribution in [3.05, 3.63) is 82.9 Å². The van der Waals surface area contributed by atoms with Crippen LogP contribution in [0, 0.1) is 5.92 Å². The van der Waals surface area contributed by atoms with Crippen LogP contribution in [0.4, 0.5) is 5.69 Å². The number of anilines is 1. The van der Waals surface area contributed by atoms with E-state index < -0.39 is 0 Å². The van der Waals surface area contributed by atoms with Gasteiger partial charge in [0.2, 0.25) is 0 Å². The van der Waals surface area contributed by atoms with Gasteiger partial charge in [0.1, 0.15) is 18.1 Å². The summed E-state index contributed by atoms with van der Waals surface area (Å²) in [5.41, 5.74) is 2.89. The number of nitrogens with zero attached hydrogens (tertiary/aromatic N) is 3. The number of likely N-dealkylation sites (N-methyl/N-ethyl adjacent to an activating group) is 1. The summed E-state index contributed by atoms with van der Waals surface area (Å²) in [5.74, 6) is 0.903. The average Bonchev–Trinajstić information content (AvgIpc) is 3.46. The Labute approximate surface area is 256 Å². The van der Waals surface area contributed by atoms with Crippen molar-refractivity contribution in [1.29, 1.82) is 0 Å². The van der Waals surface area contributed by atoms with Gasteiger partial charge in [-0.05, 0) is 54.8 Å². The second-order valence-corrected chi connectivity index (χ2v) is 12.1. The number of aromatic nitrogens is 1. The molecular weight excluding hydrogens is 564 g/mol. The zero-order valence-electron chi connectivity index (χ0n) is 25.2. The fourth-order valence-electron chi connectivity index (χ4n) is 5.26. The minimum Gasteiger partial charge on any atom is -0.497 e. The van der Waals surface area contributed by atoms with Gasteiger partial charge in [0.25, 0.3) is 11.8 Å². The number of thiazole rings is 1. The van der Waals surface area contributed by atoms with Gasteiger partial charge in [-0.3, -0.25) is 14.5 Å². The Morgan fingerprint density at radius 2 is 1.84 bits per heavy atom. The quantitative estimate of drug-likeness (QED) is 0.309. The number of benzene rings is 3. The molecule has 0 radical (unpaired) electrons. The molecule has 0 unspecified atom stereocenters. The standard InChI is InChI=1S/C33H38N4O5S/c1-21-17-37(18-23-10-13-25(40-4)14-11-23)22(2)20-42-28-16-24(12-15-26(28)33(39)36(3)19-29(21)41-5)34-31(38)32-35-27-8-6-7-9-30(27)43-32/h6-16,21-22,29H,17-20H2,1-5H3,(H,34,38)/t21-,22+,29-/m1/s1. The molecule has 1 aliphatic heterocycles. The number of methoxy groups -OCH3 is 2. The molecule has 4 aromatic rings. The second kappa shape index (κ2) is 13.5. The Bertz CT molecular complexity index is 1540. The number of nitrogens with one attached hydrogen (secondary N) is 1. The van der Waals surface area contributed by atoms with Gasteiger partial charge >= 0.3 is 0 Å². The van der Waals surface area contributed by atoms with Crippen LogP contribution in [0.1, 0.15) is 39.6 Å². The van der Waals surface area contributed by atoms with Crippen LogP contribution in [0.3, 0.4) is 0 Å². The van der Waals surface area contributed by atoms with Crippen molar-refractivity contribution < 1.29 is 23.8 Å². The zero-order valence-corrected chi connectivity index (χ0v) is 26.0. The van der Waals surface area contributed by atoms with Gasteiger partial charge in [-0.1, -0.05) is 31.2 Å². The summed E-state index contributed by atoms with van der Waals surface area (Å²) >= 11 is 1.34. The van der Waals surface area contributed by atoms with Crippen LogP contribution < -0.4 is 14.8 Å². The van der Waals surface area contributed by atoms with E-state index >= 15 is 0 Å². The van der Waals surface area contributed by atoms with Crippen LogP contribution in [0.5, 0.6) is 11.5 Å². The third kappa shape index (κ3) is 7.15. The number of hydrogen-bond donors (Lipinski definition) is 1. The van der Waals surface area contributed by atoms with Gasteiger partial charge in [0.15, 0.2) is 5.01 Å². The molecule has 9 nitrogen and oxygen atoms in total. The molecule has 10 heteroatoms. The molecule has 226 valence electrons. The zero-order chi connectivity index (χ0) is 30.5. The van der Waals surface area contributed by atoms with E-state index in [1.54, 1.807) is 44.4 Å². The molecule has 0 aliphatic carbocycles. The molecular formula is C33H38N4O5S. The van der Waals surface area contributed by atoms with Crippen LogP contribution in [0.25, 0.3) is 10.2 Å². The van der Waals surface area contributed by atoms with E-state index in [0.29, 0.717) is 35.2 Å². The van der Waals surface area contributed by atoms with Crippen LogP contribution in [-0.2, 0) is 11.3 Å². The van der Waals surface area contributed by atoms with E-state index in [2.05, 4.69) is 41.2 Å². The number of fused-ring (bicyclic) bond motifs is 2. The van der Waals surface area contributed by atoms with Crippen molar-refractivity contribution in [3.8, 4) is 11.5 Å². The first-order chi connectivity index (χ1) is 20.7. The maximum Gasteiger partial charge on any atom is 0.284 e. The highest BCUT2D eigenvalue weighted by Gasteiger charge is 2.28. The third-order valence-corrected chi connectivity index (χ3v) is 8.90. The van der Waals surface area contributed by atoms with Crippen molar-refractivity contribution in [2.45, 2.75) is 32.5 Å². The molecule has 0 bridgehead atoms. The number of hydrogen-bond acceptors (Lipinski definition) is 8. The maximum atomic E-state index is 13.6. The monoisotopic (exact) mass is 602 g/mol. The molecule has 43 heavy (non-hydrogen) atoms. The van der Waals surface area contributed by atoms with Crippen molar-refractivity contribution in [3.63, 3.8) is 0 Å². The predicted molar refractivity (Wildman–Crippen MR) is 169 cm³/mol. The Balaban J connectivity index is 1.41. The summed E-state index contributed by atoms with van der Waals surface area (Å²) < 4.78 is 18.5.